The van der Waals surface area contributed by atoms with Gasteiger partial charge in [0, 0.05) is 40.5 Å². The van der Waals surface area contributed by atoms with Crippen molar-refractivity contribution in [3.8, 4) is 0 Å². The lowest BCUT2D eigenvalue weighted by atomic mass is 9.93. The van der Waals surface area contributed by atoms with Crippen molar-refractivity contribution >= 4 is 22.7 Å². The van der Waals surface area contributed by atoms with Crippen molar-refractivity contribution in [2.24, 2.45) is 0 Å². The number of fused-ring (bicyclic) bond motifs is 1. The summed E-state index contributed by atoms with van der Waals surface area (Å²) in [5.74, 6) is -1.34. The molecule has 0 saturated heterocycles. The molecule has 1 aliphatic rings. The predicted molar refractivity (Wildman–Crippen MR) is 90.2 cm³/mol. The van der Waals surface area contributed by atoms with Crippen LogP contribution in [0.15, 0.2) is 53.4 Å². The number of benzene rings is 2. The molecular weight excluding hydrogens is 326 g/mol. The van der Waals surface area contributed by atoms with Crippen LogP contribution in [0.25, 0.3) is 0 Å². The van der Waals surface area contributed by atoms with Gasteiger partial charge >= 0.3 is 5.97 Å². The summed E-state index contributed by atoms with van der Waals surface area (Å²) in [4.78, 5) is 26.4. The molecule has 0 radical (unpaired) electrons. The van der Waals surface area contributed by atoms with E-state index in [1.54, 1.807) is 30.5 Å². The number of amides is 1. The maximum atomic E-state index is 12.8. The maximum Gasteiger partial charge on any atom is 0.326 e. The topological polar surface area (TPSA) is 74.7 Å². The quantitative estimate of drug-likeness (QED) is 0.926. The Morgan fingerprint density at radius 3 is 2.29 bits per heavy atom. The lowest BCUT2D eigenvalue weighted by molar-refractivity contribution is -0.142. The van der Waals surface area contributed by atoms with E-state index in [9.17, 15) is 18.9 Å². The average molecular weight is 343 g/mol. The number of carbonyl (C=O) groups excluding carboxylic acids is 1. The molecular formula is C18H17NO4S. The van der Waals surface area contributed by atoms with Crippen molar-refractivity contribution in [2.75, 3.05) is 6.26 Å². The van der Waals surface area contributed by atoms with Crippen molar-refractivity contribution < 1.29 is 18.9 Å². The molecule has 0 aliphatic carbocycles. The van der Waals surface area contributed by atoms with E-state index in [-0.39, 0.29) is 12.5 Å². The van der Waals surface area contributed by atoms with Crippen LogP contribution in [0.2, 0.25) is 0 Å². The smallest absolute Gasteiger partial charge is 0.326 e. The number of nitrogens with zero attached hydrogens (tertiary/aromatic N) is 1. The van der Waals surface area contributed by atoms with Crippen molar-refractivity contribution in [2.45, 2.75) is 23.9 Å². The Morgan fingerprint density at radius 2 is 1.71 bits per heavy atom. The highest BCUT2D eigenvalue weighted by molar-refractivity contribution is 7.84. The SMILES string of the molecule is C[S@](=O)c1ccc(C(=O)N2Cc3ccccc3C[C@H]2C(=O)O)cc1. The third-order valence-electron chi connectivity index (χ3n) is 4.23. The molecule has 1 amide bonds. The van der Waals surface area contributed by atoms with Crippen molar-refractivity contribution in [3.05, 3.63) is 65.2 Å². The number of rotatable bonds is 3. The first kappa shape index (κ1) is 16.4. The first-order valence-electron chi connectivity index (χ1n) is 7.51. The second kappa shape index (κ2) is 6.57. The third-order valence-corrected chi connectivity index (χ3v) is 5.16. The Kier molecular flexibility index (Phi) is 4.49. The maximum absolute atomic E-state index is 12.8. The molecule has 1 N–H and O–H groups in total. The molecule has 124 valence electrons. The molecule has 2 aromatic carbocycles. The zero-order chi connectivity index (χ0) is 17.3. The van der Waals surface area contributed by atoms with Gasteiger partial charge in [0.1, 0.15) is 6.04 Å². The number of carboxylic acid groups (broad SMARTS) is 1. The zero-order valence-corrected chi connectivity index (χ0v) is 14.0. The molecule has 5 nitrogen and oxygen atoms in total. The Labute approximate surface area is 142 Å². The Bertz CT molecular complexity index is 816. The molecule has 0 aromatic heterocycles. The number of carboxylic acids is 1. The molecule has 1 heterocycles. The fraction of sp³-hybridized carbons (Fsp3) is 0.222. The van der Waals surface area contributed by atoms with Crippen LogP contribution in [-0.4, -0.2) is 38.4 Å². The molecule has 3 rings (SSSR count). The summed E-state index contributed by atoms with van der Waals surface area (Å²) < 4.78 is 11.4. The first-order chi connectivity index (χ1) is 11.5. The van der Waals surface area contributed by atoms with Crippen molar-refractivity contribution in [1.29, 1.82) is 0 Å². The summed E-state index contributed by atoms with van der Waals surface area (Å²) in [6.07, 6.45) is 1.87. The molecule has 0 bridgehead atoms. The fourth-order valence-corrected chi connectivity index (χ4v) is 3.43. The first-order valence-corrected chi connectivity index (χ1v) is 9.07. The second-order valence-corrected chi connectivity index (χ2v) is 7.12. The van der Waals surface area contributed by atoms with E-state index in [2.05, 4.69) is 0 Å². The molecule has 24 heavy (non-hydrogen) atoms. The molecule has 0 spiro atoms. The van der Waals surface area contributed by atoms with E-state index in [1.807, 2.05) is 24.3 Å². The standard InChI is InChI=1S/C18H17NO4S/c1-24(23)15-8-6-12(7-9-15)17(20)19-11-14-5-3-2-4-13(14)10-16(19)18(21)22/h2-9,16H,10-11H2,1H3,(H,21,22)/t16-,24-/m0/s1. The van der Waals surface area contributed by atoms with Gasteiger partial charge in [-0.3, -0.25) is 9.00 Å². The minimum Gasteiger partial charge on any atom is -0.480 e. The van der Waals surface area contributed by atoms with Gasteiger partial charge in [0.25, 0.3) is 5.91 Å². The largest absolute Gasteiger partial charge is 0.480 e. The fourth-order valence-electron chi connectivity index (χ4n) is 2.91. The molecule has 6 heteroatoms. The van der Waals surface area contributed by atoms with Gasteiger partial charge in [-0.25, -0.2) is 4.79 Å². The monoisotopic (exact) mass is 343 g/mol. The predicted octanol–water partition coefficient (Wildman–Crippen LogP) is 2.08. The normalized spacial score (nSPS) is 17.9. The van der Waals surface area contributed by atoms with Gasteiger partial charge in [0.2, 0.25) is 0 Å². The van der Waals surface area contributed by atoms with E-state index in [4.69, 9.17) is 0 Å². The highest BCUT2D eigenvalue weighted by Gasteiger charge is 2.34. The van der Waals surface area contributed by atoms with Crippen LogP contribution in [0.3, 0.4) is 0 Å². The van der Waals surface area contributed by atoms with Gasteiger partial charge in [-0.2, -0.15) is 0 Å². The van der Waals surface area contributed by atoms with E-state index >= 15 is 0 Å². The second-order valence-electron chi connectivity index (χ2n) is 5.74. The summed E-state index contributed by atoms with van der Waals surface area (Å²) in [5, 5.41) is 9.51. The number of hydrogen-bond donors (Lipinski definition) is 1. The van der Waals surface area contributed by atoms with Gasteiger partial charge in [-0.1, -0.05) is 24.3 Å². The molecule has 0 saturated carbocycles. The van der Waals surface area contributed by atoms with Gasteiger partial charge in [0.15, 0.2) is 0 Å². The number of aliphatic carboxylic acids is 1. The summed E-state index contributed by atoms with van der Waals surface area (Å²) in [6, 6.07) is 13.2. The summed E-state index contributed by atoms with van der Waals surface area (Å²) >= 11 is 0. The van der Waals surface area contributed by atoms with E-state index in [1.165, 1.54) is 4.90 Å². The highest BCUT2D eigenvalue weighted by atomic mass is 32.2. The summed E-state index contributed by atoms with van der Waals surface area (Å²) in [6.45, 7) is 0.271. The minimum atomic E-state index is -1.12. The van der Waals surface area contributed by atoms with E-state index in [0.717, 1.165) is 11.1 Å². The average Bonchev–Trinajstić information content (AvgIpc) is 2.60. The Balaban J connectivity index is 1.92. The van der Waals surface area contributed by atoms with E-state index < -0.39 is 22.8 Å². The number of hydrogen-bond acceptors (Lipinski definition) is 3. The van der Waals surface area contributed by atoms with Crippen LogP contribution in [-0.2, 0) is 28.6 Å². The van der Waals surface area contributed by atoms with E-state index in [0.29, 0.717) is 16.9 Å². The van der Waals surface area contributed by atoms with Gasteiger partial charge in [-0.05, 0) is 35.4 Å². The zero-order valence-electron chi connectivity index (χ0n) is 13.1. The molecule has 2 aromatic rings. The van der Waals surface area contributed by atoms with Gasteiger partial charge in [-0.15, -0.1) is 0 Å². The Morgan fingerprint density at radius 1 is 1.08 bits per heavy atom. The molecule has 0 unspecified atom stereocenters. The summed E-state index contributed by atoms with van der Waals surface area (Å²) in [5.41, 5.74) is 2.33. The lowest BCUT2D eigenvalue weighted by Crippen LogP contribution is -2.48. The van der Waals surface area contributed by atoms with Crippen LogP contribution >= 0.6 is 0 Å². The van der Waals surface area contributed by atoms with Crippen LogP contribution in [0.4, 0.5) is 0 Å². The third kappa shape index (κ3) is 3.10. The Hall–Kier alpha value is -2.47. The lowest BCUT2D eigenvalue weighted by Gasteiger charge is -2.34. The minimum absolute atomic E-state index is 0.271. The van der Waals surface area contributed by atoms with Crippen LogP contribution in [0.1, 0.15) is 21.5 Å². The molecule has 2 atom stereocenters. The summed E-state index contributed by atoms with van der Waals surface area (Å²) in [7, 11) is -1.12. The van der Waals surface area contributed by atoms with Gasteiger partial charge < -0.3 is 10.0 Å². The van der Waals surface area contributed by atoms with Crippen LogP contribution < -0.4 is 0 Å². The molecule has 0 fully saturated rings. The van der Waals surface area contributed by atoms with Crippen LogP contribution in [0, 0.1) is 0 Å². The van der Waals surface area contributed by atoms with Gasteiger partial charge in [0.05, 0.1) is 0 Å². The highest BCUT2D eigenvalue weighted by Crippen LogP contribution is 2.25. The molecule has 1 aliphatic heterocycles. The number of carbonyl (C=O) groups is 2. The van der Waals surface area contributed by atoms with Crippen LogP contribution in [0.5, 0.6) is 0 Å². The van der Waals surface area contributed by atoms with Crippen molar-refractivity contribution in [1.82, 2.24) is 4.90 Å². The van der Waals surface area contributed by atoms with Crippen molar-refractivity contribution in [3.63, 3.8) is 0 Å².